The zero-order chi connectivity index (χ0) is 19.0. The second kappa shape index (κ2) is 7.08. The third-order valence-corrected chi connectivity index (χ3v) is 4.74. The van der Waals surface area contributed by atoms with Crippen molar-refractivity contribution in [2.45, 2.75) is 33.7 Å². The maximum absolute atomic E-state index is 14.0. The number of carbonyl (C=O) groups is 1. The largest absolute Gasteiger partial charge is 0.336 e. The van der Waals surface area contributed by atoms with Crippen LogP contribution in [0.2, 0.25) is 5.02 Å². The molecule has 0 unspecified atom stereocenters. The van der Waals surface area contributed by atoms with Crippen molar-refractivity contribution in [1.29, 1.82) is 0 Å². The van der Waals surface area contributed by atoms with Gasteiger partial charge in [0.1, 0.15) is 5.82 Å². The van der Waals surface area contributed by atoms with Crippen molar-refractivity contribution in [2.24, 2.45) is 0 Å². The van der Waals surface area contributed by atoms with Gasteiger partial charge in [-0.15, -0.1) is 0 Å². The van der Waals surface area contributed by atoms with E-state index < -0.39 is 5.82 Å². The molecule has 0 aliphatic rings. The average Bonchev–Trinajstić information content (AvgIpc) is 2.95. The smallest absolute Gasteiger partial charge is 0.254 e. The number of aryl methyl sites for hydroxylation is 1. The molecule has 136 valence electrons. The minimum atomic E-state index is -0.447. The molecule has 0 aliphatic heterocycles. The summed E-state index contributed by atoms with van der Waals surface area (Å²) in [6.45, 7) is 8.23. The lowest BCUT2D eigenvalue weighted by molar-refractivity contribution is 0.0717. The zero-order valence-corrected chi connectivity index (χ0v) is 16.0. The topological polar surface area (TPSA) is 37.6 Å². The van der Waals surface area contributed by atoms with Crippen molar-refractivity contribution in [3.63, 3.8) is 0 Å². The van der Waals surface area contributed by atoms with E-state index in [4.69, 9.17) is 11.6 Å². The fraction of sp³-hybridized carbons (Fsp3) is 0.300. The van der Waals surface area contributed by atoms with Crippen LogP contribution in [0.15, 0.2) is 36.7 Å². The number of aromatic nitrogens is 2. The van der Waals surface area contributed by atoms with E-state index in [9.17, 15) is 9.18 Å². The van der Waals surface area contributed by atoms with Gasteiger partial charge < -0.3 is 4.90 Å². The Kier molecular flexibility index (Phi) is 5.01. The third-order valence-electron chi connectivity index (χ3n) is 4.52. The van der Waals surface area contributed by atoms with E-state index in [1.807, 2.05) is 38.2 Å². The summed E-state index contributed by atoms with van der Waals surface area (Å²) >= 11 is 6.30. The Morgan fingerprint density at radius 3 is 2.69 bits per heavy atom. The van der Waals surface area contributed by atoms with Gasteiger partial charge >= 0.3 is 0 Å². The number of benzene rings is 1. The van der Waals surface area contributed by atoms with Gasteiger partial charge in [0.25, 0.3) is 5.91 Å². The number of rotatable bonds is 4. The molecule has 4 nitrogen and oxygen atoms in total. The van der Waals surface area contributed by atoms with Gasteiger partial charge in [-0.25, -0.2) is 9.37 Å². The van der Waals surface area contributed by atoms with Crippen LogP contribution in [0.5, 0.6) is 0 Å². The number of fused-ring (bicyclic) bond motifs is 1. The van der Waals surface area contributed by atoms with E-state index in [0.717, 1.165) is 11.2 Å². The summed E-state index contributed by atoms with van der Waals surface area (Å²) in [7, 11) is 0. The Morgan fingerprint density at radius 1 is 1.31 bits per heavy atom. The van der Waals surface area contributed by atoms with Gasteiger partial charge in [-0.1, -0.05) is 11.6 Å². The summed E-state index contributed by atoms with van der Waals surface area (Å²) in [5, 5.41) is 0.537. The molecule has 1 aromatic carbocycles. The van der Waals surface area contributed by atoms with Crippen LogP contribution in [0, 0.1) is 12.7 Å². The van der Waals surface area contributed by atoms with Crippen molar-refractivity contribution >= 4 is 23.0 Å². The molecule has 6 heteroatoms. The lowest BCUT2D eigenvalue weighted by Crippen LogP contribution is -2.37. The Hall–Kier alpha value is -2.40. The molecule has 0 radical (unpaired) electrons. The van der Waals surface area contributed by atoms with Crippen LogP contribution in [-0.4, -0.2) is 32.8 Å². The van der Waals surface area contributed by atoms with Crippen molar-refractivity contribution in [1.82, 2.24) is 14.3 Å². The normalized spacial score (nSPS) is 11.3. The van der Waals surface area contributed by atoms with Gasteiger partial charge in [0, 0.05) is 23.2 Å². The first kappa shape index (κ1) is 18.4. The predicted octanol–water partition coefficient (Wildman–Crippen LogP) is 4.97. The van der Waals surface area contributed by atoms with Gasteiger partial charge in [-0.3, -0.25) is 9.20 Å². The molecule has 3 rings (SSSR count). The molecule has 0 aliphatic carbocycles. The fourth-order valence-electron chi connectivity index (χ4n) is 3.21. The molecular weight excluding hydrogens is 353 g/mol. The molecule has 0 saturated carbocycles. The number of hydrogen-bond acceptors (Lipinski definition) is 2. The maximum atomic E-state index is 14.0. The molecular formula is C20H21ClFN3O. The number of pyridine rings is 1. The summed E-state index contributed by atoms with van der Waals surface area (Å²) in [5.41, 5.74) is 3.33. The molecule has 2 heterocycles. The van der Waals surface area contributed by atoms with Crippen molar-refractivity contribution in [3.8, 4) is 11.3 Å². The Labute approximate surface area is 157 Å². The number of amides is 1. The minimum absolute atomic E-state index is 0.0125. The lowest BCUT2D eigenvalue weighted by atomic mass is 10.0. The molecule has 1 amide bonds. The quantitative estimate of drug-likeness (QED) is 0.647. The summed E-state index contributed by atoms with van der Waals surface area (Å²) in [4.78, 5) is 19.1. The highest BCUT2D eigenvalue weighted by molar-refractivity contribution is 6.31. The SMILES string of the molecule is CCN(C(=O)c1cc(F)ccc1-c1cc(Cl)cc2c(C)ncn12)C(C)C. The summed E-state index contributed by atoms with van der Waals surface area (Å²) in [5.74, 6) is -0.654. The van der Waals surface area contributed by atoms with Gasteiger partial charge in [0.05, 0.1) is 28.8 Å². The van der Waals surface area contributed by atoms with E-state index in [2.05, 4.69) is 4.98 Å². The van der Waals surface area contributed by atoms with E-state index in [1.54, 1.807) is 23.4 Å². The number of halogens is 2. The summed E-state index contributed by atoms with van der Waals surface area (Å²) in [6.07, 6.45) is 1.69. The fourth-order valence-corrected chi connectivity index (χ4v) is 3.41. The molecule has 0 atom stereocenters. The summed E-state index contributed by atoms with van der Waals surface area (Å²) < 4.78 is 15.8. The van der Waals surface area contributed by atoms with Gasteiger partial charge in [-0.05, 0) is 58.0 Å². The van der Waals surface area contributed by atoms with Crippen molar-refractivity contribution < 1.29 is 9.18 Å². The van der Waals surface area contributed by atoms with Crippen molar-refractivity contribution in [2.75, 3.05) is 6.54 Å². The third kappa shape index (κ3) is 3.19. The van der Waals surface area contributed by atoms with Crippen LogP contribution in [0.1, 0.15) is 36.8 Å². The molecule has 0 bridgehead atoms. The highest BCUT2D eigenvalue weighted by Gasteiger charge is 2.22. The Bertz CT molecular complexity index is 981. The number of imidazole rings is 1. The van der Waals surface area contributed by atoms with E-state index in [1.165, 1.54) is 12.1 Å². The minimum Gasteiger partial charge on any atom is -0.336 e. The van der Waals surface area contributed by atoms with Crippen LogP contribution in [-0.2, 0) is 0 Å². The standard InChI is InChI=1S/C20H21ClFN3O/c1-5-24(12(2)3)20(26)17-10-15(22)6-7-16(17)19-9-14(21)8-18-13(4)23-11-25(18)19/h6-12H,5H2,1-4H3. The van der Waals surface area contributed by atoms with Crippen LogP contribution >= 0.6 is 11.6 Å². The van der Waals surface area contributed by atoms with E-state index >= 15 is 0 Å². The number of carbonyl (C=O) groups excluding carboxylic acids is 1. The van der Waals surface area contributed by atoms with E-state index in [0.29, 0.717) is 28.4 Å². The monoisotopic (exact) mass is 373 g/mol. The van der Waals surface area contributed by atoms with Crippen LogP contribution in [0.3, 0.4) is 0 Å². The second-order valence-corrected chi connectivity index (χ2v) is 6.96. The van der Waals surface area contributed by atoms with Crippen molar-refractivity contribution in [3.05, 3.63) is 58.8 Å². The molecule has 26 heavy (non-hydrogen) atoms. The second-order valence-electron chi connectivity index (χ2n) is 6.52. The number of nitrogens with zero attached hydrogens (tertiary/aromatic N) is 3. The molecule has 2 aromatic heterocycles. The molecule has 0 N–H and O–H groups in total. The molecule has 0 spiro atoms. The molecule has 0 fully saturated rings. The Morgan fingerprint density at radius 2 is 2.04 bits per heavy atom. The first-order valence-corrected chi connectivity index (χ1v) is 8.95. The van der Waals surface area contributed by atoms with Crippen LogP contribution < -0.4 is 0 Å². The van der Waals surface area contributed by atoms with Crippen LogP contribution in [0.25, 0.3) is 16.8 Å². The van der Waals surface area contributed by atoms with Gasteiger partial charge in [0.2, 0.25) is 0 Å². The zero-order valence-electron chi connectivity index (χ0n) is 15.3. The number of hydrogen-bond donors (Lipinski definition) is 0. The predicted molar refractivity (Wildman–Crippen MR) is 102 cm³/mol. The van der Waals surface area contributed by atoms with Gasteiger partial charge in [-0.2, -0.15) is 0 Å². The van der Waals surface area contributed by atoms with Gasteiger partial charge in [0.15, 0.2) is 0 Å². The highest BCUT2D eigenvalue weighted by Crippen LogP contribution is 2.30. The molecule has 3 aromatic rings. The summed E-state index contributed by atoms with van der Waals surface area (Å²) in [6, 6.07) is 7.87. The lowest BCUT2D eigenvalue weighted by Gasteiger charge is -2.26. The van der Waals surface area contributed by atoms with Crippen LogP contribution in [0.4, 0.5) is 4.39 Å². The maximum Gasteiger partial charge on any atom is 0.254 e. The highest BCUT2D eigenvalue weighted by atomic mass is 35.5. The average molecular weight is 374 g/mol. The Balaban J connectivity index is 2.26. The first-order valence-electron chi connectivity index (χ1n) is 8.57. The van der Waals surface area contributed by atoms with E-state index in [-0.39, 0.29) is 11.9 Å². The molecule has 0 saturated heterocycles. The first-order chi connectivity index (χ1) is 12.3.